The molecule has 0 bridgehead atoms. The van der Waals surface area contributed by atoms with Gasteiger partial charge in [-0.05, 0) is 30.4 Å². The van der Waals surface area contributed by atoms with Crippen LogP contribution in [0.2, 0.25) is 0 Å². The van der Waals surface area contributed by atoms with Gasteiger partial charge in [0.1, 0.15) is 23.4 Å². The maximum Gasteiger partial charge on any atom is 0.295 e. The molecular formula is C19H14N4O2. The van der Waals surface area contributed by atoms with Gasteiger partial charge in [-0.15, -0.1) is 0 Å². The number of amidine groups is 2. The number of rotatable bonds is 3. The summed E-state index contributed by atoms with van der Waals surface area (Å²) in [4.78, 5) is 35.4. The van der Waals surface area contributed by atoms with Gasteiger partial charge in [0.05, 0.1) is 0 Å². The number of nitrogens with zero attached hydrogens (tertiary/aromatic N) is 4. The lowest BCUT2D eigenvalue weighted by Crippen LogP contribution is -2.32. The first kappa shape index (κ1) is 15.0. The Kier molecular flexibility index (Phi) is 3.70. The summed E-state index contributed by atoms with van der Waals surface area (Å²) in [5.41, 5.74) is 0.493. The second-order valence-corrected chi connectivity index (χ2v) is 5.53. The van der Waals surface area contributed by atoms with Crippen LogP contribution in [-0.4, -0.2) is 39.3 Å². The molecule has 1 unspecified atom stereocenters. The molecule has 0 aliphatic carbocycles. The normalized spacial score (nSPS) is 25.6. The van der Waals surface area contributed by atoms with Gasteiger partial charge in [0.2, 0.25) is 0 Å². The highest BCUT2D eigenvalue weighted by Gasteiger charge is 2.31. The lowest BCUT2D eigenvalue weighted by atomic mass is 10.2. The molecule has 4 heterocycles. The summed E-state index contributed by atoms with van der Waals surface area (Å²) in [6.45, 7) is 0. The summed E-state index contributed by atoms with van der Waals surface area (Å²) in [5, 5.41) is 0. The monoisotopic (exact) mass is 330 g/mol. The van der Waals surface area contributed by atoms with Crippen molar-refractivity contribution in [3.05, 3.63) is 84.9 Å². The van der Waals surface area contributed by atoms with E-state index in [2.05, 4.69) is 9.98 Å². The van der Waals surface area contributed by atoms with Crippen LogP contribution in [0.3, 0.4) is 0 Å². The fraction of sp³-hybridized carbons (Fsp3) is 0.0526. The Balaban J connectivity index is 1.43. The Bertz CT molecular complexity index is 910. The smallest absolute Gasteiger partial charge is 0.295 e. The number of hydrogen-bond donors (Lipinski definition) is 0. The third kappa shape index (κ3) is 2.74. The van der Waals surface area contributed by atoms with Crippen molar-refractivity contribution in [2.75, 3.05) is 0 Å². The van der Waals surface area contributed by atoms with Crippen molar-refractivity contribution in [1.29, 1.82) is 0 Å². The van der Waals surface area contributed by atoms with Crippen molar-refractivity contribution in [3.8, 4) is 0 Å². The van der Waals surface area contributed by atoms with Crippen molar-refractivity contribution in [1.82, 2.24) is 9.80 Å². The fourth-order valence-electron chi connectivity index (χ4n) is 2.77. The molecule has 0 saturated heterocycles. The van der Waals surface area contributed by atoms with Gasteiger partial charge in [-0.3, -0.25) is 14.5 Å². The summed E-state index contributed by atoms with van der Waals surface area (Å²) in [7, 11) is 0. The fourth-order valence-corrected chi connectivity index (χ4v) is 2.77. The number of fused-ring (bicyclic) bond motifs is 2. The molecular weight excluding hydrogens is 316 g/mol. The zero-order valence-corrected chi connectivity index (χ0v) is 13.2. The lowest BCUT2D eigenvalue weighted by molar-refractivity contribution is -0.118. The van der Waals surface area contributed by atoms with Crippen molar-refractivity contribution in [3.63, 3.8) is 0 Å². The van der Waals surface area contributed by atoms with Crippen LogP contribution in [0.5, 0.6) is 0 Å². The SMILES string of the molecule is O=C1N=C2C=CC=CN2C1=CC=CC=CC1C(=O)N=C2C=CC=CN21. The predicted octanol–water partition coefficient (Wildman–Crippen LogP) is 2.00. The standard InChI is InChI=1S/C19H14N4O2/c24-18-14(22-12-6-4-10-16(22)20-18)8-2-1-3-9-15-19(25)21-17-11-5-7-13-23(15)17/h1-14H. The number of aliphatic imine (C=N–C) groups is 2. The molecule has 0 N–H and O–H groups in total. The van der Waals surface area contributed by atoms with Crippen molar-refractivity contribution in [2.45, 2.75) is 6.04 Å². The highest BCUT2D eigenvalue weighted by molar-refractivity contribution is 6.15. The van der Waals surface area contributed by atoms with Gasteiger partial charge in [0.25, 0.3) is 11.8 Å². The highest BCUT2D eigenvalue weighted by atomic mass is 16.2. The maximum absolute atomic E-state index is 11.9. The van der Waals surface area contributed by atoms with Crippen LogP contribution in [0.25, 0.3) is 0 Å². The first-order chi connectivity index (χ1) is 12.2. The summed E-state index contributed by atoms with van der Waals surface area (Å²) >= 11 is 0. The van der Waals surface area contributed by atoms with E-state index in [1.54, 1.807) is 53.6 Å². The average Bonchev–Trinajstić information content (AvgIpc) is 3.11. The van der Waals surface area contributed by atoms with Gasteiger partial charge in [0, 0.05) is 12.4 Å². The third-order valence-electron chi connectivity index (χ3n) is 3.95. The molecule has 6 heteroatoms. The van der Waals surface area contributed by atoms with Gasteiger partial charge >= 0.3 is 0 Å². The zero-order chi connectivity index (χ0) is 17.2. The van der Waals surface area contributed by atoms with Crippen LogP contribution in [0.15, 0.2) is 94.9 Å². The highest BCUT2D eigenvalue weighted by Crippen LogP contribution is 2.20. The van der Waals surface area contributed by atoms with E-state index >= 15 is 0 Å². The Morgan fingerprint density at radius 1 is 0.880 bits per heavy atom. The van der Waals surface area contributed by atoms with Crippen molar-refractivity contribution < 1.29 is 9.59 Å². The van der Waals surface area contributed by atoms with E-state index in [9.17, 15) is 9.59 Å². The molecule has 122 valence electrons. The van der Waals surface area contributed by atoms with Crippen molar-refractivity contribution in [2.24, 2.45) is 9.98 Å². The average molecular weight is 330 g/mol. The minimum atomic E-state index is -0.424. The minimum absolute atomic E-state index is 0.191. The maximum atomic E-state index is 11.9. The molecule has 4 aliphatic heterocycles. The molecule has 6 nitrogen and oxygen atoms in total. The van der Waals surface area contributed by atoms with Gasteiger partial charge in [-0.2, -0.15) is 9.98 Å². The molecule has 2 amide bonds. The number of carbonyl (C=O) groups excluding carboxylic acids is 2. The predicted molar refractivity (Wildman–Crippen MR) is 95.3 cm³/mol. The molecule has 0 fully saturated rings. The lowest BCUT2D eigenvalue weighted by Gasteiger charge is -2.20. The van der Waals surface area contributed by atoms with E-state index in [1.807, 2.05) is 35.4 Å². The quantitative estimate of drug-likeness (QED) is 0.586. The van der Waals surface area contributed by atoms with Crippen LogP contribution in [0.1, 0.15) is 0 Å². The van der Waals surface area contributed by atoms with Gasteiger partial charge in [0.15, 0.2) is 0 Å². The van der Waals surface area contributed by atoms with Crippen LogP contribution in [-0.2, 0) is 9.59 Å². The van der Waals surface area contributed by atoms with E-state index in [-0.39, 0.29) is 11.8 Å². The molecule has 4 rings (SSSR count). The van der Waals surface area contributed by atoms with E-state index < -0.39 is 6.04 Å². The van der Waals surface area contributed by atoms with Gasteiger partial charge in [-0.1, -0.05) is 36.5 Å². The minimum Gasteiger partial charge on any atom is -0.317 e. The van der Waals surface area contributed by atoms with Gasteiger partial charge < -0.3 is 4.90 Å². The largest absolute Gasteiger partial charge is 0.317 e. The summed E-state index contributed by atoms with van der Waals surface area (Å²) in [6.07, 6.45) is 23.4. The van der Waals surface area contributed by atoms with Crippen LogP contribution >= 0.6 is 0 Å². The second kappa shape index (κ2) is 6.16. The number of hydrogen-bond acceptors (Lipinski definition) is 4. The summed E-state index contributed by atoms with van der Waals surface area (Å²) in [6, 6.07) is -0.424. The molecule has 4 aliphatic rings. The Hall–Kier alpha value is -3.54. The van der Waals surface area contributed by atoms with E-state index in [4.69, 9.17) is 0 Å². The number of amides is 2. The first-order valence-electron chi connectivity index (χ1n) is 7.82. The van der Waals surface area contributed by atoms with Gasteiger partial charge in [-0.25, -0.2) is 0 Å². The summed E-state index contributed by atoms with van der Waals surface area (Å²) in [5.74, 6) is 0.811. The molecule has 0 spiro atoms. The number of carbonyl (C=O) groups is 2. The Morgan fingerprint density at radius 2 is 1.68 bits per heavy atom. The number of allylic oxidation sites excluding steroid dienone is 8. The first-order valence-corrected chi connectivity index (χ1v) is 7.82. The molecule has 0 aromatic rings. The van der Waals surface area contributed by atoms with E-state index in [0.29, 0.717) is 17.4 Å². The van der Waals surface area contributed by atoms with Crippen LogP contribution in [0, 0.1) is 0 Å². The zero-order valence-electron chi connectivity index (χ0n) is 13.2. The molecule has 0 aromatic heterocycles. The summed E-state index contributed by atoms with van der Waals surface area (Å²) < 4.78 is 0. The van der Waals surface area contributed by atoms with Crippen molar-refractivity contribution >= 4 is 23.5 Å². The molecule has 0 saturated carbocycles. The van der Waals surface area contributed by atoms with Crippen LogP contribution in [0.4, 0.5) is 0 Å². The molecule has 1 atom stereocenters. The van der Waals surface area contributed by atoms with E-state index in [0.717, 1.165) is 0 Å². The molecule has 0 radical (unpaired) electrons. The molecule has 25 heavy (non-hydrogen) atoms. The van der Waals surface area contributed by atoms with Crippen LogP contribution < -0.4 is 0 Å². The molecule has 0 aromatic carbocycles. The Morgan fingerprint density at radius 3 is 2.56 bits per heavy atom. The topological polar surface area (TPSA) is 65.3 Å². The van der Waals surface area contributed by atoms with E-state index in [1.165, 1.54) is 0 Å². The Labute approximate surface area is 144 Å². The second-order valence-electron chi connectivity index (χ2n) is 5.53. The third-order valence-corrected chi connectivity index (χ3v) is 3.95.